The van der Waals surface area contributed by atoms with Crippen LogP contribution in [0.15, 0.2) is 6.58 Å². The molecule has 0 spiro atoms. The fraction of sp³-hybridized carbons (Fsp3) is 0.692. The maximum absolute atomic E-state index is 3.57. The zero-order valence-corrected chi connectivity index (χ0v) is 9.44. The predicted octanol–water partition coefficient (Wildman–Crippen LogP) is 0.734. The molecule has 0 aliphatic heterocycles. The summed E-state index contributed by atoms with van der Waals surface area (Å²) < 4.78 is 0. The monoisotopic (exact) mass is 182 g/mol. The Balaban J connectivity index is 0.00000169. The van der Waals surface area contributed by atoms with Crippen LogP contribution < -0.4 is 18.9 Å². The first-order valence-corrected chi connectivity index (χ1v) is 5.42. The van der Waals surface area contributed by atoms with Crippen LogP contribution in [-0.4, -0.2) is 0 Å². The Morgan fingerprint density at radius 2 is 1.93 bits per heavy atom. The molecular formula is C13H19Li. The number of hydrogen-bond acceptors (Lipinski definition) is 0. The number of hydrogen-bond donors (Lipinski definition) is 0. The van der Waals surface area contributed by atoms with E-state index in [2.05, 4.69) is 24.5 Å². The minimum Gasteiger partial charge on any atom is -0.504 e. The van der Waals surface area contributed by atoms with E-state index >= 15 is 0 Å². The van der Waals surface area contributed by atoms with Crippen LogP contribution in [0.2, 0.25) is 0 Å². The quantitative estimate of drug-likeness (QED) is 0.261. The second kappa shape index (κ2) is 9.45. The van der Waals surface area contributed by atoms with Gasteiger partial charge in [-0.1, -0.05) is 31.6 Å². The minimum atomic E-state index is 0. The van der Waals surface area contributed by atoms with Crippen molar-refractivity contribution >= 4 is 0 Å². The number of allylic oxidation sites excluding steroid dienone is 1. The van der Waals surface area contributed by atoms with Crippen molar-refractivity contribution in [2.45, 2.75) is 51.4 Å². The van der Waals surface area contributed by atoms with Crippen molar-refractivity contribution in [2.75, 3.05) is 0 Å². The van der Waals surface area contributed by atoms with Crippen molar-refractivity contribution in [1.82, 2.24) is 0 Å². The summed E-state index contributed by atoms with van der Waals surface area (Å²) in [4.78, 5) is 0. The second-order valence-electron chi connectivity index (χ2n) is 3.76. The third-order valence-corrected chi connectivity index (χ3v) is 2.57. The molecule has 1 saturated carbocycles. The Labute approximate surface area is 101 Å². The van der Waals surface area contributed by atoms with E-state index in [1.165, 1.54) is 32.1 Å². The largest absolute Gasteiger partial charge is 1.00 e. The van der Waals surface area contributed by atoms with E-state index in [9.17, 15) is 0 Å². The molecule has 0 aromatic rings. The minimum absolute atomic E-state index is 0. The zero-order chi connectivity index (χ0) is 9.36. The van der Waals surface area contributed by atoms with Gasteiger partial charge in [-0.05, 0) is 12.8 Å². The molecule has 1 aliphatic carbocycles. The molecule has 14 heavy (non-hydrogen) atoms. The topological polar surface area (TPSA) is 0 Å². The molecule has 0 nitrogen and oxygen atoms in total. The molecule has 0 amide bonds. The Morgan fingerprint density at radius 1 is 1.21 bits per heavy atom. The Bertz CT molecular complexity index is 191. The van der Waals surface area contributed by atoms with Crippen molar-refractivity contribution in [1.29, 1.82) is 0 Å². The summed E-state index contributed by atoms with van der Waals surface area (Å²) in [6, 6.07) is 0. The van der Waals surface area contributed by atoms with Gasteiger partial charge in [0, 0.05) is 12.3 Å². The number of rotatable bonds is 3. The molecule has 72 valence electrons. The summed E-state index contributed by atoms with van der Waals surface area (Å²) >= 11 is 0. The molecule has 1 heteroatoms. The Morgan fingerprint density at radius 3 is 2.57 bits per heavy atom. The van der Waals surface area contributed by atoms with E-state index in [0.29, 0.717) is 5.92 Å². The smallest absolute Gasteiger partial charge is 0.504 e. The van der Waals surface area contributed by atoms with Gasteiger partial charge < -0.3 is 6.08 Å². The summed E-state index contributed by atoms with van der Waals surface area (Å²) in [6.07, 6.45) is 12.9. The van der Waals surface area contributed by atoms with Crippen LogP contribution >= 0.6 is 0 Å². The molecule has 0 atom stereocenters. The third-order valence-electron chi connectivity index (χ3n) is 2.57. The maximum atomic E-state index is 3.57. The molecule has 0 bridgehead atoms. The predicted molar refractivity (Wildman–Crippen MR) is 57.1 cm³/mol. The van der Waals surface area contributed by atoms with Crippen LogP contribution in [0.5, 0.6) is 0 Å². The van der Waals surface area contributed by atoms with Gasteiger partial charge in [-0.15, -0.1) is 5.92 Å². The summed E-state index contributed by atoms with van der Waals surface area (Å²) in [5.74, 6) is 7.36. The normalized spacial score (nSPS) is 16.3. The molecule has 0 unspecified atom stereocenters. The first-order chi connectivity index (χ1) is 6.43. The van der Waals surface area contributed by atoms with E-state index in [4.69, 9.17) is 0 Å². The van der Waals surface area contributed by atoms with E-state index in [1.54, 1.807) is 0 Å². The van der Waals surface area contributed by atoms with Crippen molar-refractivity contribution in [3.05, 3.63) is 12.7 Å². The molecule has 0 radical (unpaired) electrons. The molecule has 0 aromatic heterocycles. The van der Waals surface area contributed by atoms with Crippen molar-refractivity contribution in [2.24, 2.45) is 5.92 Å². The van der Waals surface area contributed by atoms with Gasteiger partial charge in [-0.25, -0.2) is 0 Å². The summed E-state index contributed by atoms with van der Waals surface area (Å²) in [7, 11) is 0. The zero-order valence-electron chi connectivity index (χ0n) is 9.44. The van der Waals surface area contributed by atoms with Gasteiger partial charge in [-0.2, -0.15) is 6.42 Å². The second-order valence-corrected chi connectivity index (χ2v) is 3.76. The SMILES string of the molecule is C=[C-]CCCC#CC1CCCCC1.[Li+]. The van der Waals surface area contributed by atoms with Crippen LogP contribution in [0.4, 0.5) is 0 Å². The van der Waals surface area contributed by atoms with Crippen LogP contribution in [0.25, 0.3) is 0 Å². The van der Waals surface area contributed by atoms with E-state index < -0.39 is 0 Å². The average Bonchev–Trinajstić information content (AvgIpc) is 2.19. The van der Waals surface area contributed by atoms with Gasteiger partial charge in [0.15, 0.2) is 0 Å². The summed E-state index contributed by atoms with van der Waals surface area (Å²) in [6.45, 7) is 3.57. The molecule has 0 heterocycles. The van der Waals surface area contributed by atoms with Crippen molar-refractivity contribution in [3.63, 3.8) is 0 Å². The van der Waals surface area contributed by atoms with Crippen LogP contribution in [0.3, 0.4) is 0 Å². The van der Waals surface area contributed by atoms with Crippen LogP contribution in [0, 0.1) is 23.8 Å². The van der Waals surface area contributed by atoms with Gasteiger partial charge >= 0.3 is 18.9 Å². The van der Waals surface area contributed by atoms with E-state index in [1.807, 2.05) is 0 Å². The molecule has 0 N–H and O–H groups in total. The van der Waals surface area contributed by atoms with Gasteiger partial charge in [-0.3, -0.25) is 6.58 Å². The maximum Gasteiger partial charge on any atom is 1.00 e. The fourth-order valence-corrected chi connectivity index (χ4v) is 1.77. The fourth-order valence-electron chi connectivity index (χ4n) is 1.77. The molecular weight excluding hydrogens is 163 g/mol. The Hall–Kier alpha value is -0.103. The van der Waals surface area contributed by atoms with Crippen molar-refractivity contribution in [3.8, 4) is 11.8 Å². The number of unbranched alkanes of at least 4 members (excludes halogenated alkanes) is 2. The standard InChI is InChI=1S/C13H19.Li/c1-2-3-4-5-7-10-13-11-8-6-9-12-13;/h13H,1,3-6,8-9,11-12H2;/q-1;+1. The average molecular weight is 182 g/mol. The molecule has 0 saturated heterocycles. The van der Waals surface area contributed by atoms with Gasteiger partial charge in [0.25, 0.3) is 0 Å². The first-order valence-electron chi connectivity index (χ1n) is 5.42. The molecule has 1 aliphatic rings. The molecule has 1 rings (SSSR count). The van der Waals surface area contributed by atoms with E-state index in [0.717, 1.165) is 19.3 Å². The first kappa shape index (κ1) is 13.9. The van der Waals surface area contributed by atoms with Crippen molar-refractivity contribution < 1.29 is 18.9 Å². The van der Waals surface area contributed by atoms with Gasteiger partial charge in [0.2, 0.25) is 0 Å². The van der Waals surface area contributed by atoms with E-state index in [-0.39, 0.29) is 18.9 Å². The van der Waals surface area contributed by atoms with Gasteiger partial charge in [0.1, 0.15) is 0 Å². The third kappa shape index (κ3) is 6.37. The van der Waals surface area contributed by atoms with Crippen LogP contribution in [-0.2, 0) is 0 Å². The summed E-state index contributed by atoms with van der Waals surface area (Å²) in [5.41, 5.74) is 0. The van der Waals surface area contributed by atoms with Crippen LogP contribution in [0.1, 0.15) is 51.4 Å². The Kier molecular flexibility index (Phi) is 9.38. The van der Waals surface area contributed by atoms with Gasteiger partial charge in [0.05, 0.1) is 0 Å². The summed E-state index contributed by atoms with van der Waals surface area (Å²) in [5, 5.41) is 0. The molecule has 0 aromatic carbocycles. The molecule has 1 fully saturated rings.